The number of hydrogen-bond acceptors (Lipinski definition) is 3. The van der Waals surface area contributed by atoms with Gasteiger partial charge in [0.25, 0.3) is 0 Å². The monoisotopic (exact) mass is 536 g/mol. The Labute approximate surface area is 201 Å². The molecule has 2 aliphatic rings. The minimum atomic E-state index is 0. The zero-order chi connectivity index (χ0) is 20.8. The van der Waals surface area contributed by atoms with Gasteiger partial charge in [0.15, 0.2) is 5.96 Å². The third-order valence-electron chi connectivity index (χ3n) is 5.99. The number of nitrogens with zero attached hydrogens (tertiary/aromatic N) is 3. The molecule has 1 saturated carbocycles. The van der Waals surface area contributed by atoms with E-state index in [2.05, 4.69) is 39.7 Å². The van der Waals surface area contributed by atoms with Crippen LogP contribution in [-0.2, 0) is 11.3 Å². The molecule has 7 nitrogen and oxygen atoms in total. The molecule has 1 aromatic carbocycles. The molecule has 1 unspecified atom stereocenters. The second kappa shape index (κ2) is 11.5. The molecule has 3 N–H and O–H groups in total. The average molecular weight is 536 g/mol. The highest BCUT2D eigenvalue weighted by Gasteiger charge is 2.32. The predicted molar refractivity (Wildman–Crippen MR) is 134 cm³/mol. The van der Waals surface area contributed by atoms with Crippen molar-refractivity contribution in [3.63, 3.8) is 0 Å². The molecule has 4 rings (SSSR count). The Kier molecular flexibility index (Phi) is 8.74. The van der Waals surface area contributed by atoms with Crippen LogP contribution < -0.4 is 10.6 Å². The number of H-pyrrole nitrogens is 1. The number of aromatic nitrogens is 2. The fourth-order valence-corrected chi connectivity index (χ4v) is 4.38. The minimum Gasteiger partial charge on any atom is -0.357 e. The number of carbonyl (C=O) groups excluding carboxylic acids is 1. The Morgan fingerprint density at radius 3 is 2.74 bits per heavy atom. The van der Waals surface area contributed by atoms with Crippen molar-refractivity contribution in [3.8, 4) is 11.3 Å². The van der Waals surface area contributed by atoms with Gasteiger partial charge in [-0.15, -0.1) is 24.0 Å². The van der Waals surface area contributed by atoms with E-state index >= 15 is 0 Å². The van der Waals surface area contributed by atoms with E-state index in [0.717, 1.165) is 61.9 Å². The maximum Gasteiger partial charge on any atom is 0.225 e. The second-order valence-electron chi connectivity index (χ2n) is 8.20. The van der Waals surface area contributed by atoms with E-state index in [9.17, 15) is 4.79 Å². The molecule has 8 heteroatoms. The van der Waals surface area contributed by atoms with Gasteiger partial charge in [0.05, 0.1) is 11.9 Å². The largest absolute Gasteiger partial charge is 0.357 e. The van der Waals surface area contributed by atoms with E-state index in [0.29, 0.717) is 12.5 Å². The number of aliphatic imine (C=N–C) groups is 1. The molecule has 2 heterocycles. The van der Waals surface area contributed by atoms with Crippen molar-refractivity contribution in [2.75, 3.05) is 19.6 Å². The molecule has 2 fully saturated rings. The lowest BCUT2D eigenvalue weighted by atomic mass is 10.1. The lowest BCUT2D eigenvalue weighted by Crippen LogP contribution is -2.45. The van der Waals surface area contributed by atoms with Gasteiger partial charge in [-0.2, -0.15) is 0 Å². The lowest BCUT2D eigenvalue weighted by molar-refractivity contribution is -0.134. The highest BCUT2D eigenvalue weighted by atomic mass is 127. The van der Waals surface area contributed by atoms with Crippen LogP contribution in [0.4, 0.5) is 0 Å². The van der Waals surface area contributed by atoms with E-state index in [1.54, 1.807) is 0 Å². The molecule has 1 amide bonds. The maximum absolute atomic E-state index is 12.7. The summed E-state index contributed by atoms with van der Waals surface area (Å²) in [5, 5.41) is 6.82. The van der Waals surface area contributed by atoms with Gasteiger partial charge < -0.3 is 20.5 Å². The van der Waals surface area contributed by atoms with Crippen molar-refractivity contribution in [1.29, 1.82) is 0 Å². The summed E-state index contributed by atoms with van der Waals surface area (Å²) < 4.78 is 0. The van der Waals surface area contributed by atoms with Gasteiger partial charge in [0, 0.05) is 31.6 Å². The van der Waals surface area contributed by atoms with Crippen LogP contribution in [0.5, 0.6) is 0 Å². The van der Waals surface area contributed by atoms with Gasteiger partial charge in [-0.3, -0.25) is 4.79 Å². The number of aromatic amines is 1. The number of imidazole rings is 1. The summed E-state index contributed by atoms with van der Waals surface area (Å²) in [4.78, 5) is 27.2. The Hall–Kier alpha value is -2.10. The van der Waals surface area contributed by atoms with Gasteiger partial charge in [0.1, 0.15) is 12.4 Å². The van der Waals surface area contributed by atoms with Crippen LogP contribution in [0, 0.1) is 5.92 Å². The van der Waals surface area contributed by atoms with Gasteiger partial charge >= 0.3 is 0 Å². The van der Waals surface area contributed by atoms with Crippen molar-refractivity contribution < 1.29 is 4.79 Å². The number of guanidine groups is 1. The normalized spacial score (nSPS) is 19.3. The van der Waals surface area contributed by atoms with Crippen LogP contribution in [0.15, 0.2) is 41.5 Å². The van der Waals surface area contributed by atoms with Gasteiger partial charge in [0.2, 0.25) is 5.91 Å². The molecule has 0 spiro atoms. The van der Waals surface area contributed by atoms with Crippen LogP contribution in [0.1, 0.15) is 44.9 Å². The van der Waals surface area contributed by atoms with Crippen LogP contribution in [0.3, 0.4) is 0 Å². The first-order valence-electron chi connectivity index (χ1n) is 11.2. The number of halogens is 1. The van der Waals surface area contributed by atoms with Gasteiger partial charge in [-0.05, 0) is 31.7 Å². The smallest absolute Gasteiger partial charge is 0.225 e. The van der Waals surface area contributed by atoms with Crippen molar-refractivity contribution in [2.45, 2.75) is 51.6 Å². The van der Waals surface area contributed by atoms with E-state index in [4.69, 9.17) is 4.99 Å². The van der Waals surface area contributed by atoms with Gasteiger partial charge in [-0.25, -0.2) is 9.98 Å². The van der Waals surface area contributed by atoms with Crippen LogP contribution in [0.25, 0.3) is 11.3 Å². The van der Waals surface area contributed by atoms with Crippen LogP contribution >= 0.6 is 24.0 Å². The molecule has 0 bridgehead atoms. The molecule has 1 aliphatic heterocycles. The Bertz CT molecular complexity index is 862. The molecule has 168 valence electrons. The Morgan fingerprint density at radius 2 is 2.00 bits per heavy atom. The predicted octanol–water partition coefficient (Wildman–Crippen LogP) is 3.54. The topological polar surface area (TPSA) is 85.4 Å². The second-order valence-corrected chi connectivity index (χ2v) is 8.20. The first-order valence-corrected chi connectivity index (χ1v) is 11.2. The molecular weight excluding hydrogens is 503 g/mol. The summed E-state index contributed by atoms with van der Waals surface area (Å²) in [6.45, 7) is 4.92. The summed E-state index contributed by atoms with van der Waals surface area (Å²) in [7, 11) is 0. The number of nitrogens with one attached hydrogen (secondary N) is 3. The first kappa shape index (κ1) is 23.6. The summed E-state index contributed by atoms with van der Waals surface area (Å²) in [5.74, 6) is 2.21. The fourth-order valence-electron chi connectivity index (χ4n) is 4.38. The number of rotatable bonds is 6. The van der Waals surface area contributed by atoms with E-state index < -0.39 is 0 Å². The van der Waals surface area contributed by atoms with Crippen molar-refractivity contribution in [1.82, 2.24) is 25.5 Å². The number of likely N-dealkylation sites (tertiary alicyclic amines) is 1. The van der Waals surface area contributed by atoms with Crippen LogP contribution in [-0.4, -0.2) is 52.4 Å². The third kappa shape index (κ3) is 6.21. The molecular formula is C23H33IN6O. The summed E-state index contributed by atoms with van der Waals surface area (Å²) in [5.41, 5.74) is 2.11. The minimum absolute atomic E-state index is 0. The van der Waals surface area contributed by atoms with Crippen molar-refractivity contribution >= 4 is 35.8 Å². The highest BCUT2D eigenvalue weighted by Crippen LogP contribution is 2.27. The summed E-state index contributed by atoms with van der Waals surface area (Å²) in [6.07, 6.45) is 7.33. The highest BCUT2D eigenvalue weighted by molar-refractivity contribution is 14.0. The molecule has 1 atom stereocenters. The summed E-state index contributed by atoms with van der Waals surface area (Å²) >= 11 is 0. The van der Waals surface area contributed by atoms with Gasteiger partial charge in [-0.1, -0.05) is 43.2 Å². The average Bonchev–Trinajstić information content (AvgIpc) is 3.54. The number of benzene rings is 1. The maximum atomic E-state index is 12.7. The molecule has 2 aromatic rings. The number of amides is 1. The number of hydrogen-bond donors (Lipinski definition) is 3. The Balaban J connectivity index is 0.00000272. The molecule has 1 aromatic heterocycles. The first-order chi connectivity index (χ1) is 14.7. The SMILES string of the molecule is CCNC(=NCc1ncc(-c2ccccc2)[nH]1)NC1CCN(C(=O)C2CCCC2)C1.I. The molecule has 1 aliphatic carbocycles. The van der Waals surface area contributed by atoms with E-state index in [1.807, 2.05) is 29.3 Å². The lowest BCUT2D eigenvalue weighted by Gasteiger charge is -2.21. The third-order valence-corrected chi connectivity index (χ3v) is 5.99. The fraction of sp³-hybridized carbons (Fsp3) is 0.522. The van der Waals surface area contributed by atoms with Crippen molar-refractivity contribution in [3.05, 3.63) is 42.4 Å². The molecule has 0 radical (unpaired) electrons. The Morgan fingerprint density at radius 1 is 1.23 bits per heavy atom. The standard InChI is InChI=1S/C23H32N6O.HI/c1-2-24-23(26-15-21-25-14-20(28-21)17-8-4-3-5-9-17)27-19-12-13-29(16-19)22(30)18-10-6-7-11-18;/h3-5,8-9,14,18-19H,2,6-7,10-13,15-16H2,1H3,(H,25,28)(H2,24,26,27);1H. The zero-order valence-corrected chi connectivity index (χ0v) is 20.5. The quantitative estimate of drug-likeness (QED) is 0.300. The van der Waals surface area contributed by atoms with Crippen LogP contribution in [0.2, 0.25) is 0 Å². The number of carbonyl (C=O) groups is 1. The zero-order valence-electron chi connectivity index (χ0n) is 18.1. The van der Waals surface area contributed by atoms with Crippen molar-refractivity contribution in [2.24, 2.45) is 10.9 Å². The summed E-state index contributed by atoms with van der Waals surface area (Å²) in [6, 6.07) is 10.4. The van der Waals surface area contributed by atoms with E-state index in [-0.39, 0.29) is 35.9 Å². The molecule has 1 saturated heterocycles. The molecule has 31 heavy (non-hydrogen) atoms. The van der Waals surface area contributed by atoms with E-state index in [1.165, 1.54) is 12.8 Å².